The summed E-state index contributed by atoms with van der Waals surface area (Å²) < 4.78 is 5.67. The molecule has 0 bridgehead atoms. The van der Waals surface area contributed by atoms with E-state index in [1.54, 1.807) is 0 Å². The lowest BCUT2D eigenvalue weighted by Crippen LogP contribution is -1.98. The highest BCUT2D eigenvalue weighted by Crippen LogP contribution is 2.21. The third kappa shape index (κ3) is 3.63. The molecule has 2 aromatic rings. The first-order chi connectivity index (χ1) is 9.22. The minimum Gasteiger partial charge on any atom is -0.464 e. The molecule has 2 nitrogen and oxygen atoms in total. The van der Waals surface area contributed by atoms with E-state index in [-0.39, 0.29) is 0 Å². The molecule has 1 heterocycles. The van der Waals surface area contributed by atoms with Gasteiger partial charge in [0, 0.05) is 12.1 Å². The van der Waals surface area contributed by atoms with Gasteiger partial charge in [0.05, 0.1) is 6.54 Å². The number of hydrogen-bond donors (Lipinski definition) is 1. The van der Waals surface area contributed by atoms with Gasteiger partial charge >= 0.3 is 0 Å². The van der Waals surface area contributed by atoms with Crippen molar-refractivity contribution in [3.63, 3.8) is 0 Å². The summed E-state index contributed by atoms with van der Waals surface area (Å²) in [5, 5.41) is 3.39. The van der Waals surface area contributed by atoms with E-state index in [4.69, 9.17) is 4.42 Å². The van der Waals surface area contributed by atoms with E-state index in [1.807, 2.05) is 12.1 Å². The van der Waals surface area contributed by atoms with Crippen molar-refractivity contribution in [2.24, 2.45) is 0 Å². The second-order valence-electron chi connectivity index (χ2n) is 5.01. The summed E-state index contributed by atoms with van der Waals surface area (Å²) in [5.74, 6) is 2.66. The lowest BCUT2D eigenvalue weighted by molar-refractivity contribution is 0.476. The standard InChI is InChI=1S/C17H23NO/c1-4-13(3)14-6-8-15(9-7-14)18-12-17-11-10-16(5-2)19-17/h6-11,13,18H,4-5,12H2,1-3H3. The van der Waals surface area contributed by atoms with E-state index in [0.717, 1.165) is 30.2 Å². The van der Waals surface area contributed by atoms with Gasteiger partial charge in [-0.3, -0.25) is 0 Å². The molecule has 1 aromatic carbocycles. The van der Waals surface area contributed by atoms with Crippen LogP contribution in [0, 0.1) is 0 Å². The zero-order chi connectivity index (χ0) is 13.7. The van der Waals surface area contributed by atoms with Crippen LogP contribution in [0.2, 0.25) is 0 Å². The molecule has 0 saturated carbocycles. The number of rotatable bonds is 6. The van der Waals surface area contributed by atoms with Gasteiger partial charge < -0.3 is 9.73 Å². The highest BCUT2D eigenvalue weighted by molar-refractivity contribution is 5.45. The highest BCUT2D eigenvalue weighted by atomic mass is 16.3. The van der Waals surface area contributed by atoms with Gasteiger partial charge in [0.2, 0.25) is 0 Å². The Morgan fingerprint density at radius 1 is 1.00 bits per heavy atom. The lowest BCUT2D eigenvalue weighted by atomic mass is 9.99. The van der Waals surface area contributed by atoms with Crippen molar-refractivity contribution < 1.29 is 4.42 Å². The van der Waals surface area contributed by atoms with Gasteiger partial charge in [-0.15, -0.1) is 0 Å². The second kappa shape index (κ2) is 6.46. The third-order valence-corrected chi connectivity index (χ3v) is 3.62. The summed E-state index contributed by atoms with van der Waals surface area (Å²) in [6, 6.07) is 12.8. The number of hydrogen-bond acceptors (Lipinski definition) is 2. The maximum absolute atomic E-state index is 5.67. The molecule has 2 rings (SSSR count). The second-order valence-corrected chi connectivity index (χ2v) is 5.01. The third-order valence-electron chi connectivity index (χ3n) is 3.62. The van der Waals surface area contributed by atoms with E-state index < -0.39 is 0 Å². The number of benzene rings is 1. The average Bonchev–Trinajstić information content (AvgIpc) is 2.93. The fourth-order valence-corrected chi connectivity index (χ4v) is 2.06. The first kappa shape index (κ1) is 13.7. The van der Waals surface area contributed by atoms with Gasteiger partial charge in [-0.1, -0.05) is 32.9 Å². The summed E-state index contributed by atoms with van der Waals surface area (Å²) >= 11 is 0. The Bertz CT molecular complexity index is 498. The summed E-state index contributed by atoms with van der Waals surface area (Å²) in [4.78, 5) is 0. The van der Waals surface area contributed by atoms with Crippen LogP contribution in [-0.4, -0.2) is 0 Å². The fourth-order valence-electron chi connectivity index (χ4n) is 2.06. The molecular formula is C17H23NO. The molecule has 19 heavy (non-hydrogen) atoms. The lowest BCUT2D eigenvalue weighted by Gasteiger charge is -2.10. The zero-order valence-corrected chi connectivity index (χ0v) is 12.1. The average molecular weight is 257 g/mol. The van der Waals surface area contributed by atoms with Crippen LogP contribution in [-0.2, 0) is 13.0 Å². The first-order valence-electron chi connectivity index (χ1n) is 7.14. The Kier molecular flexibility index (Phi) is 4.67. The van der Waals surface area contributed by atoms with Crippen LogP contribution in [0.5, 0.6) is 0 Å². The highest BCUT2D eigenvalue weighted by Gasteiger charge is 2.03. The van der Waals surface area contributed by atoms with E-state index in [9.17, 15) is 0 Å². The van der Waals surface area contributed by atoms with Crippen LogP contribution in [0.3, 0.4) is 0 Å². The van der Waals surface area contributed by atoms with Gasteiger partial charge in [0.25, 0.3) is 0 Å². The molecule has 0 amide bonds. The Morgan fingerprint density at radius 3 is 2.26 bits per heavy atom. The number of nitrogens with one attached hydrogen (secondary N) is 1. The van der Waals surface area contributed by atoms with Crippen LogP contribution < -0.4 is 5.32 Å². The van der Waals surface area contributed by atoms with Gasteiger partial charge in [-0.05, 0) is 42.2 Å². The maximum Gasteiger partial charge on any atom is 0.123 e. The van der Waals surface area contributed by atoms with Gasteiger partial charge in [-0.25, -0.2) is 0 Å². The van der Waals surface area contributed by atoms with Crippen LogP contribution >= 0.6 is 0 Å². The predicted molar refractivity (Wildman–Crippen MR) is 80.6 cm³/mol. The van der Waals surface area contributed by atoms with Crippen molar-refractivity contribution in [3.05, 3.63) is 53.5 Å². The normalized spacial score (nSPS) is 12.4. The molecule has 1 atom stereocenters. The molecule has 1 aromatic heterocycles. The van der Waals surface area contributed by atoms with Gasteiger partial charge in [0.15, 0.2) is 0 Å². The fraction of sp³-hybridized carbons (Fsp3) is 0.412. The molecule has 102 valence electrons. The maximum atomic E-state index is 5.67. The molecule has 0 aliphatic heterocycles. The summed E-state index contributed by atoms with van der Waals surface area (Å²) in [6.07, 6.45) is 2.13. The molecule has 0 aliphatic rings. The predicted octanol–water partition coefficient (Wildman–Crippen LogP) is 4.97. The molecule has 0 saturated heterocycles. The first-order valence-corrected chi connectivity index (χ1v) is 7.14. The largest absolute Gasteiger partial charge is 0.464 e. The van der Waals surface area contributed by atoms with Gasteiger partial charge in [-0.2, -0.15) is 0 Å². The Morgan fingerprint density at radius 2 is 1.68 bits per heavy atom. The van der Waals surface area contributed by atoms with Crippen LogP contribution in [0.4, 0.5) is 5.69 Å². The molecule has 1 N–H and O–H groups in total. The number of anilines is 1. The summed E-state index contributed by atoms with van der Waals surface area (Å²) in [7, 11) is 0. The number of furan rings is 1. The van der Waals surface area contributed by atoms with E-state index in [2.05, 4.69) is 50.4 Å². The minimum atomic E-state index is 0.631. The zero-order valence-electron chi connectivity index (χ0n) is 12.1. The molecule has 0 spiro atoms. The van der Waals surface area contributed by atoms with Crippen LogP contribution in [0.15, 0.2) is 40.8 Å². The van der Waals surface area contributed by atoms with Crippen molar-refractivity contribution in [3.8, 4) is 0 Å². The Hall–Kier alpha value is -1.70. The molecule has 2 heteroatoms. The van der Waals surface area contributed by atoms with Crippen LogP contribution in [0.25, 0.3) is 0 Å². The van der Waals surface area contributed by atoms with Crippen molar-refractivity contribution in [2.75, 3.05) is 5.32 Å². The smallest absolute Gasteiger partial charge is 0.123 e. The Balaban J connectivity index is 1.92. The summed E-state index contributed by atoms with van der Waals surface area (Å²) in [5.41, 5.74) is 2.54. The van der Waals surface area contributed by atoms with E-state index in [1.165, 1.54) is 12.0 Å². The molecular weight excluding hydrogens is 234 g/mol. The molecule has 0 fully saturated rings. The molecule has 0 aliphatic carbocycles. The topological polar surface area (TPSA) is 25.2 Å². The SMILES string of the molecule is CCc1ccc(CNc2ccc(C(C)CC)cc2)o1. The van der Waals surface area contributed by atoms with Crippen molar-refractivity contribution >= 4 is 5.69 Å². The van der Waals surface area contributed by atoms with E-state index >= 15 is 0 Å². The van der Waals surface area contributed by atoms with E-state index in [0.29, 0.717) is 5.92 Å². The number of aryl methyl sites for hydroxylation is 1. The Labute approximate surface area is 115 Å². The van der Waals surface area contributed by atoms with Gasteiger partial charge in [0.1, 0.15) is 11.5 Å². The van der Waals surface area contributed by atoms with Crippen molar-refractivity contribution in [2.45, 2.75) is 46.1 Å². The molecule has 0 radical (unpaired) electrons. The quantitative estimate of drug-likeness (QED) is 0.790. The van der Waals surface area contributed by atoms with Crippen LogP contribution in [0.1, 0.15) is 50.2 Å². The minimum absolute atomic E-state index is 0.631. The van der Waals surface area contributed by atoms with Crippen molar-refractivity contribution in [1.29, 1.82) is 0 Å². The molecule has 1 unspecified atom stereocenters. The summed E-state index contributed by atoms with van der Waals surface area (Å²) in [6.45, 7) is 7.32. The monoisotopic (exact) mass is 257 g/mol. The van der Waals surface area contributed by atoms with Crippen molar-refractivity contribution in [1.82, 2.24) is 0 Å².